The molecular formula is C16H23NO3. The van der Waals surface area contributed by atoms with Gasteiger partial charge < -0.3 is 15.2 Å². The lowest BCUT2D eigenvalue weighted by Gasteiger charge is -2.21. The van der Waals surface area contributed by atoms with Gasteiger partial charge in [-0.1, -0.05) is 31.4 Å². The van der Waals surface area contributed by atoms with Gasteiger partial charge in [0.25, 0.3) is 5.91 Å². The van der Waals surface area contributed by atoms with Gasteiger partial charge in [-0.05, 0) is 31.4 Å². The lowest BCUT2D eigenvalue weighted by molar-refractivity contribution is 0.0273. The number of aromatic hydroxyl groups is 1. The van der Waals surface area contributed by atoms with Gasteiger partial charge in [-0.3, -0.25) is 4.79 Å². The number of hydrogen-bond donors (Lipinski definition) is 2. The molecule has 0 aromatic heterocycles. The van der Waals surface area contributed by atoms with Gasteiger partial charge in [0.1, 0.15) is 5.75 Å². The van der Waals surface area contributed by atoms with E-state index in [1.54, 1.807) is 18.2 Å². The van der Waals surface area contributed by atoms with Crippen LogP contribution in [-0.4, -0.2) is 30.3 Å². The van der Waals surface area contributed by atoms with Crippen molar-refractivity contribution in [3.63, 3.8) is 0 Å². The number of phenols is 1. The van der Waals surface area contributed by atoms with Crippen molar-refractivity contribution in [1.29, 1.82) is 0 Å². The van der Waals surface area contributed by atoms with Crippen LogP contribution in [0.4, 0.5) is 0 Å². The fourth-order valence-corrected chi connectivity index (χ4v) is 2.52. The van der Waals surface area contributed by atoms with E-state index in [2.05, 4.69) is 5.32 Å². The second-order valence-electron chi connectivity index (χ2n) is 5.26. The van der Waals surface area contributed by atoms with E-state index in [1.807, 2.05) is 0 Å². The number of para-hydroxylation sites is 1. The molecule has 0 saturated heterocycles. The van der Waals surface area contributed by atoms with Gasteiger partial charge in [-0.2, -0.15) is 0 Å². The Labute approximate surface area is 120 Å². The van der Waals surface area contributed by atoms with E-state index >= 15 is 0 Å². The van der Waals surface area contributed by atoms with E-state index in [1.165, 1.54) is 38.2 Å². The average molecular weight is 277 g/mol. The molecule has 4 heteroatoms. The summed E-state index contributed by atoms with van der Waals surface area (Å²) in [7, 11) is 0. The summed E-state index contributed by atoms with van der Waals surface area (Å²) >= 11 is 0. The van der Waals surface area contributed by atoms with Crippen LogP contribution < -0.4 is 5.32 Å². The molecule has 1 saturated carbocycles. The molecule has 2 N–H and O–H groups in total. The number of carbonyl (C=O) groups excluding carboxylic acids is 1. The molecule has 110 valence electrons. The summed E-state index contributed by atoms with van der Waals surface area (Å²) in [5.74, 6) is -0.218. The number of hydrogen-bond acceptors (Lipinski definition) is 3. The lowest BCUT2D eigenvalue weighted by atomic mass is 9.98. The van der Waals surface area contributed by atoms with Crippen molar-refractivity contribution in [2.75, 3.05) is 13.2 Å². The third-order valence-electron chi connectivity index (χ3n) is 3.66. The predicted octanol–water partition coefficient (Wildman–Crippen LogP) is 2.86. The molecule has 20 heavy (non-hydrogen) atoms. The summed E-state index contributed by atoms with van der Waals surface area (Å²) in [5.41, 5.74) is 0.320. The predicted molar refractivity (Wildman–Crippen MR) is 77.9 cm³/mol. The maximum Gasteiger partial charge on any atom is 0.255 e. The molecular weight excluding hydrogens is 254 g/mol. The average Bonchev–Trinajstić information content (AvgIpc) is 2.48. The fraction of sp³-hybridized carbons (Fsp3) is 0.562. The number of rotatable bonds is 6. The van der Waals surface area contributed by atoms with Gasteiger partial charge in [0.15, 0.2) is 0 Å². The van der Waals surface area contributed by atoms with Crippen LogP contribution in [0.2, 0.25) is 0 Å². The summed E-state index contributed by atoms with van der Waals surface area (Å²) in [6.45, 7) is 1.26. The Morgan fingerprint density at radius 1 is 1.25 bits per heavy atom. The van der Waals surface area contributed by atoms with Crippen molar-refractivity contribution in [1.82, 2.24) is 5.32 Å². The van der Waals surface area contributed by atoms with Crippen molar-refractivity contribution >= 4 is 5.91 Å². The van der Waals surface area contributed by atoms with E-state index in [-0.39, 0.29) is 11.7 Å². The zero-order chi connectivity index (χ0) is 14.2. The number of nitrogens with one attached hydrogen (secondary N) is 1. The highest BCUT2D eigenvalue weighted by Crippen LogP contribution is 2.20. The smallest absolute Gasteiger partial charge is 0.255 e. The number of phenolic OH excluding ortho intramolecular Hbond substituents is 1. The zero-order valence-corrected chi connectivity index (χ0v) is 11.8. The van der Waals surface area contributed by atoms with Gasteiger partial charge in [-0.25, -0.2) is 0 Å². The Hall–Kier alpha value is -1.55. The van der Waals surface area contributed by atoms with Gasteiger partial charge in [-0.15, -0.1) is 0 Å². The van der Waals surface area contributed by atoms with E-state index in [9.17, 15) is 9.90 Å². The molecule has 0 spiro atoms. The van der Waals surface area contributed by atoms with Crippen LogP contribution in [0.5, 0.6) is 5.75 Å². The minimum absolute atomic E-state index is 0.0171. The van der Waals surface area contributed by atoms with Gasteiger partial charge in [0.05, 0.1) is 11.7 Å². The molecule has 1 aliphatic carbocycles. The molecule has 4 nitrogen and oxygen atoms in total. The highest BCUT2D eigenvalue weighted by atomic mass is 16.5. The quantitative estimate of drug-likeness (QED) is 0.786. The second kappa shape index (κ2) is 7.90. The summed E-state index contributed by atoms with van der Waals surface area (Å²) in [6, 6.07) is 6.56. The number of amides is 1. The molecule has 0 radical (unpaired) electrons. The van der Waals surface area contributed by atoms with Crippen molar-refractivity contribution in [2.24, 2.45) is 0 Å². The van der Waals surface area contributed by atoms with Crippen LogP contribution in [0.25, 0.3) is 0 Å². The third kappa shape index (κ3) is 4.53. The van der Waals surface area contributed by atoms with Crippen molar-refractivity contribution in [3.8, 4) is 5.75 Å². The second-order valence-corrected chi connectivity index (χ2v) is 5.26. The zero-order valence-electron chi connectivity index (χ0n) is 11.8. The van der Waals surface area contributed by atoms with Crippen molar-refractivity contribution < 1.29 is 14.6 Å². The number of ether oxygens (including phenoxy) is 1. The Kier molecular flexibility index (Phi) is 5.87. The lowest BCUT2D eigenvalue weighted by Crippen LogP contribution is -2.26. The number of carbonyl (C=O) groups is 1. The third-order valence-corrected chi connectivity index (χ3v) is 3.66. The molecule has 2 rings (SSSR count). The first-order chi connectivity index (χ1) is 9.77. The van der Waals surface area contributed by atoms with Gasteiger partial charge >= 0.3 is 0 Å². The molecule has 0 atom stereocenters. The maximum atomic E-state index is 11.8. The first-order valence-corrected chi connectivity index (χ1v) is 7.45. The van der Waals surface area contributed by atoms with Crippen LogP contribution in [0, 0.1) is 0 Å². The molecule has 1 aromatic carbocycles. The van der Waals surface area contributed by atoms with Crippen molar-refractivity contribution in [3.05, 3.63) is 29.8 Å². The molecule has 1 amide bonds. The minimum atomic E-state index is -0.235. The fourth-order valence-electron chi connectivity index (χ4n) is 2.52. The summed E-state index contributed by atoms with van der Waals surface area (Å²) in [4.78, 5) is 11.8. The first kappa shape index (κ1) is 14.9. The highest BCUT2D eigenvalue weighted by molar-refractivity contribution is 5.96. The summed E-state index contributed by atoms with van der Waals surface area (Å²) in [5, 5.41) is 12.4. The topological polar surface area (TPSA) is 58.6 Å². The van der Waals surface area contributed by atoms with Gasteiger partial charge in [0.2, 0.25) is 0 Å². The Balaban J connectivity index is 1.61. The number of benzene rings is 1. The molecule has 1 aliphatic rings. The molecule has 0 heterocycles. The molecule has 0 unspecified atom stereocenters. The van der Waals surface area contributed by atoms with Gasteiger partial charge in [0, 0.05) is 13.2 Å². The van der Waals surface area contributed by atoms with E-state index < -0.39 is 0 Å². The normalized spacial score (nSPS) is 16.0. The Bertz CT molecular complexity index is 427. The molecule has 1 fully saturated rings. The van der Waals surface area contributed by atoms with Crippen LogP contribution in [0.15, 0.2) is 24.3 Å². The summed E-state index contributed by atoms with van der Waals surface area (Å²) in [6.07, 6.45) is 7.43. The van der Waals surface area contributed by atoms with Crippen LogP contribution in [0.1, 0.15) is 48.9 Å². The minimum Gasteiger partial charge on any atom is -0.507 e. The summed E-state index contributed by atoms with van der Waals surface area (Å²) < 4.78 is 5.79. The van der Waals surface area contributed by atoms with Crippen LogP contribution in [-0.2, 0) is 4.74 Å². The maximum absolute atomic E-state index is 11.8. The van der Waals surface area contributed by atoms with Crippen LogP contribution >= 0.6 is 0 Å². The SMILES string of the molecule is O=C(NCCCOC1CCCCC1)c1ccccc1O. The highest BCUT2D eigenvalue weighted by Gasteiger charge is 2.13. The molecule has 1 aromatic rings. The van der Waals surface area contributed by atoms with E-state index in [0.29, 0.717) is 24.8 Å². The van der Waals surface area contributed by atoms with Crippen LogP contribution in [0.3, 0.4) is 0 Å². The molecule has 0 bridgehead atoms. The van der Waals surface area contributed by atoms with E-state index in [4.69, 9.17) is 4.74 Å². The molecule has 0 aliphatic heterocycles. The standard InChI is InChI=1S/C16H23NO3/c18-15-10-5-4-9-14(15)16(19)17-11-6-12-20-13-7-2-1-3-8-13/h4-5,9-10,13,18H,1-3,6-8,11-12H2,(H,17,19). The monoisotopic (exact) mass is 277 g/mol. The first-order valence-electron chi connectivity index (χ1n) is 7.45. The Morgan fingerprint density at radius 2 is 2.00 bits per heavy atom. The largest absolute Gasteiger partial charge is 0.507 e. The van der Waals surface area contributed by atoms with Crippen molar-refractivity contribution in [2.45, 2.75) is 44.6 Å². The van der Waals surface area contributed by atoms with E-state index in [0.717, 1.165) is 6.42 Å². The Morgan fingerprint density at radius 3 is 2.75 bits per heavy atom.